The van der Waals surface area contributed by atoms with Gasteiger partial charge in [-0.2, -0.15) is 0 Å². The molecule has 3 atom stereocenters. The second-order valence-electron chi connectivity index (χ2n) is 5.35. The SMILES string of the molecule is NC(=O)C1NCC2(Cc3cc(Br)ccc3F)CC12. The van der Waals surface area contributed by atoms with Crippen LogP contribution in [0.1, 0.15) is 12.0 Å². The Balaban J connectivity index is 1.79. The lowest BCUT2D eigenvalue weighted by Crippen LogP contribution is -2.39. The summed E-state index contributed by atoms with van der Waals surface area (Å²) >= 11 is 3.36. The molecule has 3 rings (SSSR count). The number of carbonyl (C=O) groups excluding carboxylic acids is 1. The van der Waals surface area contributed by atoms with E-state index in [-0.39, 0.29) is 29.1 Å². The van der Waals surface area contributed by atoms with Crippen molar-refractivity contribution >= 4 is 21.8 Å². The van der Waals surface area contributed by atoms with Crippen LogP contribution in [0.4, 0.5) is 4.39 Å². The van der Waals surface area contributed by atoms with E-state index in [0.29, 0.717) is 12.0 Å². The fourth-order valence-electron chi connectivity index (χ4n) is 3.13. The Morgan fingerprint density at radius 2 is 2.39 bits per heavy atom. The van der Waals surface area contributed by atoms with Crippen LogP contribution in [0.2, 0.25) is 0 Å². The first-order valence-electron chi connectivity index (χ1n) is 5.98. The minimum Gasteiger partial charge on any atom is -0.368 e. The largest absolute Gasteiger partial charge is 0.368 e. The predicted molar refractivity (Wildman–Crippen MR) is 69.3 cm³/mol. The molecule has 2 fully saturated rings. The molecule has 0 radical (unpaired) electrons. The number of nitrogens with one attached hydrogen (secondary N) is 1. The third kappa shape index (κ3) is 1.86. The molecule has 1 aliphatic heterocycles. The van der Waals surface area contributed by atoms with Gasteiger partial charge in [0.1, 0.15) is 5.82 Å². The van der Waals surface area contributed by atoms with E-state index >= 15 is 0 Å². The van der Waals surface area contributed by atoms with E-state index in [4.69, 9.17) is 5.73 Å². The van der Waals surface area contributed by atoms with E-state index in [1.807, 2.05) is 6.07 Å². The van der Waals surface area contributed by atoms with Crippen LogP contribution in [-0.4, -0.2) is 18.5 Å². The van der Waals surface area contributed by atoms with Crippen molar-refractivity contribution < 1.29 is 9.18 Å². The van der Waals surface area contributed by atoms with Gasteiger partial charge in [0.05, 0.1) is 6.04 Å². The first-order chi connectivity index (χ1) is 8.52. The van der Waals surface area contributed by atoms with E-state index in [1.165, 1.54) is 6.07 Å². The summed E-state index contributed by atoms with van der Waals surface area (Å²) in [6.07, 6.45) is 1.62. The molecule has 3 nitrogen and oxygen atoms in total. The van der Waals surface area contributed by atoms with Crippen molar-refractivity contribution in [3.63, 3.8) is 0 Å². The fourth-order valence-corrected chi connectivity index (χ4v) is 3.54. The number of amides is 1. The fraction of sp³-hybridized carbons (Fsp3) is 0.462. The third-order valence-corrected chi connectivity index (χ3v) is 4.68. The molecule has 2 aliphatic rings. The number of hydrogen-bond acceptors (Lipinski definition) is 2. The Bertz CT molecular complexity index is 522. The number of nitrogens with two attached hydrogens (primary N) is 1. The van der Waals surface area contributed by atoms with Crippen molar-refractivity contribution in [3.05, 3.63) is 34.1 Å². The highest BCUT2D eigenvalue weighted by molar-refractivity contribution is 9.10. The Hall–Kier alpha value is -0.940. The number of benzene rings is 1. The molecule has 1 aliphatic carbocycles. The zero-order chi connectivity index (χ0) is 12.9. The minimum absolute atomic E-state index is 0.0291. The van der Waals surface area contributed by atoms with Crippen molar-refractivity contribution in [3.8, 4) is 0 Å². The first-order valence-corrected chi connectivity index (χ1v) is 6.78. The van der Waals surface area contributed by atoms with Gasteiger partial charge in [0.25, 0.3) is 0 Å². The summed E-state index contributed by atoms with van der Waals surface area (Å²) in [5.41, 5.74) is 6.07. The molecule has 3 unspecified atom stereocenters. The van der Waals surface area contributed by atoms with Crippen LogP contribution in [0.5, 0.6) is 0 Å². The zero-order valence-corrected chi connectivity index (χ0v) is 11.3. The second kappa shape index (κ2) is 4.03. The number of piperidine rings is 1. The summed E-state index contributed by atoms with van der Waals surface area (Å²) in [4.78, 5) is 11.2. The zero-order valence-electron chi connectivity index (χ0n) is 9.75. The van der Waals surface area contributed by atoms with Crippen molar-refractivity contribution in [2.75, 3.05) is 6.54 Å². The van der Waals surface area contributed by atoms with Gasteiger partial charge in [0.2, 0.25) is 5.91 Å². The first kappa shape index (κ1) is 12.1. The molecule has 1 saturated heterocycles. The van der Waals surface area contributed by atoms with E-state index < -0.39 is 0 Å². The summed E-state index contributed by atoms with van der Waals surface area (Å²) in [7, 11) is 0. The molecule has 3 N–H and O–H groups in total. The standard InChI is InChI=1S/C13H14BrFN2O/c14-8-1-2-10(15)7(3-8)4-13-5-9(13)11(12(16)18)17-6-13/h1-3,9,11,17H,4-6H2,(H2,16,18). The van der Waals surface area contributed by atoms with Crippen molar-refractivity contribution in [2.45, 2.75) is 18.9 Å². The third-order valence-electron chi connectivity index (χ3n) is 4.19. The van der Waals surface area contributed by atoms with Gasteiger partial charge >= 0.3 is 0 Å². The molecule has 1 amide bonds. The summed E-state index contributed by atoms with van der Waals surface area (Å²) in [6.45, 7) is 0.747. The van der Waals surface area contributed by atoms with Crippen LogP contribution >= 0.6 is 15.9 Å². The van der Waals surface area contributed by atoms with Crippen LogP contribution in [0.15, 0.2) is 22.7 Å². The summed E-state index contributed by atoms with van der Waals surface area (Å²) in [5, 5.41) is 3.14. The topological polar surface area (TPSA) is 55.1 Å². The van der Waals surface area contributed by atoms with E-state index in [9.17, 15) is 9.18 Å². The van der Waals surface area contributed by atoms with Gasteiger partial charge in [-0.15, -0.1) is 0 Å². The van der Waals surface area contributed by atoms with Crippen LogP contribution in [0.25, 0.3) is 0 Å². The lowest BCUT2D eigenvalue weighted by Gasteiger charge is -2.12. The molecule has 1 aromatic carbocycles. The smallest absolute Gasteiger partial charge is 0.234 e. The van der Waals surface area contributed by atoms with E-state index in [2.05, 4.69) is 21.2 Å². The quantitative estimate of drug-likeness (QED) is 0.890. The number of hydrogen-bond donors (Lipinski definition) is 2. The van der Waals surface area contributed by atoms with Gasteiger partial charge < -0.3 is 11.1 Å². The highest BCUT2D eigenvalue weighted by Gasteiger charge is 2.62. The average Bonchev–Trinajstić information content (AvgIpc) is 2.88. The van der Waals surface area contributed by atoms with Crippen LogP contribution in [-0.2, 0) is 11.2 Å². The Morgan fingerprint density at radius 3 is 3.00 bits per heavy atom. The van der Waals surface area contributed by atoms with E-state index in [1.54, 1.807) is 6.07 Å². The van der Waals surface area contributed by atoms with E-state index in [0.717, 1.165) is 17.4 Å². The summed E-state index contributed by atoms with van der Waals surface area (Å²) in [6, 6.07) is 4.75. The molecule has 0 spiro atoms. The lowest BCUT2D eigenvalue weighted by atomic mass is 9.94. The molecule has 1 aromatic rings. The second-order valence-corrected chi connectivity index (χ2v) is 6.26. The predicted octanol–water partition coefficient (Wildman–Crippen LogP) is 1.59. The van der Waals surface area contributed by atoms with Crippen molar-refractivity contribution in [1.82, 2.24) is 5.32 Å². The van der Waals surface area contributed by atoms with Crippen molar-refractivity contribution in [1.29, 1.82) is 0 Å². The lowest BCUT2D eigenvalue weighted by molar-refractivity contribution is -0.120. The average molecular weight is 313 g/mol. The Labute approximate surface area is 113 Å². The molecule has 18 heavy (non-hydrogen) atoms. The molecular weight excluding hydrogens is 299 g/mol. The Morgan fingerprint density at radius 1 is 1.61 bits per heavy atom. The maximum Gasteiger partial charge on any atom is 0.234 e. The van der Waals surface area contributed by atoms with Crippen LogP contribution < -0.4 is 11.1 Å². The maximum atomic E-state index is 13.7. The van der Waals surface area contributed by atoms with Gasteiger partial charge in [-0.3, -0.25) is 4.79 Å². The maximum absolute atomic E-state index is 13.7. The van der Waals surface area contributed by atoms with Gasteiger partial charge in [0, 0.05) is 11.0 Å². The molecule has 1 saturated carbocycles. The number of carbonyl (C=O) groups is 1. The number of fused-ring (bicyclic) bond motifs is 1. The minimum atomic E-state index is -0.297. The Kier molecular flexibility index (Phi) is 2.71. The normalized spacial score (nSPS) is 33.2. The van der Waals surface area contributed by atoms with Gasteiger partial charge in [0.15, 0.2) is 0 Å². The summed E-state index contributed by atoms with van der Waals surface area (Å²) in [5.74, 6) is -0.205. The molecule has 5 heteroatoms. The molecule has 1 heterocycles. The highest BCUT2D eigenvalue weighted by atomic mass is 79.9. The molecular formula is C13H14BrFN2O. The molecule has 96 valence electrons. The van der Waals surface area contributed by atoms with Gasteiger partial charge in [-0.05, 0) is 47.9 Å². The number of rotatable bonds is 3. The van der Waals surface area contributed by atoms with Crippen LogP contribution in [0.3, 0.4) is 0 Å². The van der Waals surface area contributed by atoms with Gasteiger partial charge in [-0.1, -0.05) is 15.9 Å². The monoisotopic (exact) mass is 312 g/mol. The van der Waals surface area contributed by atoms with Gasteiger partial charge in [-0.25, -0.2) is 4.39 Å². The molecule has 0 bridgehead atoms. The summed E-state index contributed by atoms with van der Waals surface area (Å²) < 4.78 is 14.6. The van der Waals surface area contributed by atoms with Crippen LogP contribution in [0, 0.1) is 17.2 Å². The molecule has 0 aromatic heterocycles. The van der Waals surface area contributed by atoms with Crippen molar-refractivity contribution in [2.24, 2.45) is 17.1 Å². The number of primary amides is 1. The highest BCUT2D eigenvalue weighted by Crippen LogP contribution is 2.59. The number of halogens is 2.